The van der Waals surface area contributed by atoms with Crippen LogP contribution < -0.4 is 10.1 Å². The van der Waals surface area contributed by atoms with E-state index in [1.54, 1.807) is 7.11 Å². The van der Waals surface area contributed by atoms with E-state index in [-0.39, 0.29) is 5.54 Å². The zero-order valence-corrected chi connectivity index (χ0v) is 12.0. The molecular weight excluding hydrogens is 248 g/mol. The lowest BCUT2D eigenvalue weighted by atomic mass is 9.89. The van der Waals surface area contributed by atoms with Crippen molar-refractivity contribution in [2.75, 3.05) is 34.3 Å². The Hall–Kier alpha value is -0.770. The van der Waals surface area contributed by atoms with Crippen molar-refractivity contribution in [3.05, 3.63) is 28.8 Å². The van der Waals surface area contributed by atoms with Gasteiger partial charge in [0.25, 0.3) is 0 Å². The number of rotatable bonds is 4. The highest BCUT2D eigenvalue weighted by Crippen LogP contribution is 2.30. The van der Waals surface area contributed by atoms with Gasteiger partial charge >= 0.3 is 0 Å². The van der Waals surface area contributed by atoms with Crippen molar-refractivity contribution in [3.8, 4) is 5.75 Å². The first-order valence-corrected chi connectivity index (χ1v) is 6.66. The molecule has 0 spiro atoms. The van der Waals surface area contributed by atoms with Crippen LogP contribution in [0.25, 0.3) is 0 Å². The Morgan fingerprint density at radius 2 is 2.28 bits per heavy atom. The van der Waals surface area contributed by atoms with Gasteiger partial charge in [-0.2, -0.15) is 0 Å². The highest BCUT2D eigenvalue weighted by Gasteiger charge is 2.35. The topological polar surface area (TPSA) is 24.5 Å². The number of benzene rings is 1. The van der Waals surface area contributed by atoms with Gasteiger partial charge in [-0.15, -0.1) is 0 Å². The van der Waals surface area contributed by atoms with Gasteiger partial charge < -0.3 is 15.0 Å². The van der Waals surface area contributed by atoms with E-state index in [4.69, 9.17) is 16.3 Å². The van der Waals surface area contributed by atoms with Gasteiger partial charge in [0.05, 0.1) is 7.11 Å². The van der Waals surface area contributed by atoms with Crippen LogP contribution >= 0.6 is 11.6 Å². The average Bonchev–Trinajstić information content (AvgIpc) is 2.72. The third-order valence-electron chi connectivity index (χ3n) is 3.85. The molecule has 18 heavy (non-hydrogen) atoms. The minimum Gasteiger partial charge on any atom is -0.496 e. The summed E-state index contributed by atoms with van der Waals surface area (Å²) in [6.45, 7) is 2.18. The van der Waals surface area contributed by atoms with Gasteiger partial charge in [-0.05, 0) is 57.2 Å². The van der Waals surface area contributed by atoms with Gasteiger partial charge in [0, 0.05) is 17.1 Å². The van der Waals surface area contributed by atoms with E-state index in [0.717, 1.165) is 36.7 Å². The van der Waals surface area contributed by atoms with Gasteiger partial charge in [-0.1, -0.05) is 11.6 Å². The number of nitrogens with zero attached hydrogens (tertiary/aromatic N) is 1. The number of methoxy groups -OCH3 is 1. The van der Waals surface area contributed by atoms with E-state index in [1.165, 1.54) is 5.56 Å². The minimum absolute atomic E-state index is 0.132. The molecule has 1 aromatic rings. The van der Waals surface area contributed by atoms with E-state index in [0.29, 0.717) is 0 Å². The third kappa shape index (κ3) is 2.79. The predicted molar refractivity (Wildman–Crippen MR) is 75.6 cm³/mol. The molecule has 0 bridgehead atoms. The van der Waals surface area contributed by atoms with Crippen LogP contribution in [0, 0.1) is 0 Å². The van der Waals surface area contributed by atoms with Crippen LogP contribution in [-0.4, -0.2) is 44.7 Å². The Balaban J connectivity index is 2.24. The van der Waals surface area contributed by atoms with Crippen LogP contribution in [0.5, 0.6) is 5.75 Å². The van der Waals surface area contributed by atoms with Gasteiger partial charge in [-0.25, -0.2) is 0 Å². The molecule has 1 aromatic carbocycles. The quantitative estimate of drug-likeness (QED) is 0.906. The van der Waals surface area contributed by atoms with Gasteiger partial charge in [-0.3, -0.25) is 0 Å². The van der Waals surface area contributed by atoms with Crippen molar-refractivity contribution in [2.24, 2.45) is 0 Å². The average molecular weight is 269 g/mol. The molecule has 1 N–H and O–H groups in total. The van der Waals surface area contributed by atoms with E-state index in [2.05, 4.69) is 17.3 Å². The lowest BCUT2D eigenvalue weighted by Gasteiger charge is -2.29. The Bertz CT molecular complexity index is 424. The van der Waals surface area contributed by atoms with Crippen molar-refractivity contribution in [1.29, 1.82) is 0 Å². The molecule has 0 aliphatic carbocycles. The summed E-state index contributed by atoms with van der Waals surface area (Å²) >= 11 is 6.09. The number of nitrogens with one attached hydrogen (secondary N) is 1. The summed E-state index contributed by atoms with van der Waals surface area (Å²) in [6.07, 6.45) is 2.09. The molecule has 0 radical (unpaired) electrons. The maximum atomic E-state index is 6.09. The van der Waals surface area contributed by atoms with Crippen LogP contribution in [0.1, 0.15) is 12.0 Å². The summed E-state index contributed by atoms with van der Waals surface area (Å²) in [4.78, 5) is 2.35. The molecule has 1 aliphatic heterocycles. The fourth-order valence-electron chi connectivity index (χ4n) is 2.77. The molecular formula is C14H21ClN2O. The zero-order valence-electron chi connectivity index (χ0n) is 11.3. The first kappa shape index (κ1) is 13.7. The number of likely N-dealkylation sites (tertiary alicyclic amines) is 1. The lowest BCUT2D eigenvalue weighted by molar-refractivity contribution is 0.321. The van der Waals surface area contributed by atoms with Gasteiger partial charge in [0.15, 0.2) is 0 Å². The molecule has 0 aromatic heterocycles. The van der Waals surface area contributed by atoms with Crippen LogP contribution in [0.2, 0.25) is 5.02 Å². The molecule has 1 saturated heterocycles. The molecule has 1 atom stereocenters. The van der Waals surface area contributed by atoms with Gasteiger partial charge in [0.2, 0.25) is 0 Å². The van der Waals surface area contributed by atoms with Crippen molar-refractivity contribution in [2.45, 2.75) is 18.4 Å². The Morgan fingerprint density at radius 1 is 1.50 bits per heavy atom. The van der Waals surface area contributed by atoms with Crippen LogP contribution in [0.4, 0.5) is 0 Å². The molecule has 1 fully saturated rings. The Morgan fingerprint density at radius 3 is 2.83 bits per heavy atom. The summed E-state index contributed by atoms with van der Waals surface area (Å²) in [5.74, 6) is 0.920. The van der Waals surface area contributed by atoms with Crippen molar-refractivity contribution < 1.29 is 4.74 Å². The molecule has 1 heterocycles. The summed E-state index contributed by atoms with van der Waals surface area (Å²) in [6, 6.07) is 5.83. The normalized spacial score (nSPS) is 24.4. The molecule has 1 aliphatic rings. The summed E-state index contributed by atoms with van der Waals surface area (Å²) < 4.78 is 5.43. The summed E-state index contributed by atoms with van der Waals surface area (Å²) in [7, 11) is 5.91. The monoisotopic (exact) mass is 268 g/mol. The number of hydrogen-bond acceptors (Lipinski definition) is 3. The number of halogens is 1. The first-order valence-electron chi connectivity index (χ1n) is 6.28. The standard InChI is InChI=1S/C14H21ClN2O/c1-16-14(6-7-17(2)10-14)9-11-8-12(15)4-5-13(11)18-3/h4-5,8,16H,6-7,9-10H2,1-3H3. The zero-order chi connectivity index (χ0) is 13.2. The largest absolute Gasteiger partial charge is 0.496 e. The Labute approximate surface area is 114 Å². The van der Waals surface area contributed by atoms with Crippen LogP contribution in [0.3, 0.4) is 0 Å². The van der Waals surface area contributed by atoms with Crippen molar-refractivity contribution >= 4 is 11.6 Å². The van der Waals surface area contributed by atoms with E-state index in [1.807, 2.05) is 25.2 Å². The molecule has 100 valence electrons. The molecule has 0 amide bonds. The highest BCUT2D eigenvalue weighted by atomic mass is 35.5. The predicted octanol–water partition coefficient (Wildman–Crippen LogP) is 2.18. The molecule has 0 saturated carbocycles. The maximum absolute atomic E-state index is 6.09. The Kier molecular flexibility index (Phi) is 4.15. The summed E-state index contributed by atoms with van der Waals surface area (Å²) in [5.41, 5.74) is 1.31. The highest BCUT2D eigenvalue weighted by molar-refractivity contribution is 6.30. The van der Waals surface area contributed by atoms with Gasteiger partial charge in [0.1, 0.15) is 5.75 Å². The SMILES string of the molecule is CNC1(Cc2cc(Cl)ccc2OC)CCN(C)C1. The van der Waals surface area contributed by atoms with E-state index >= 15 is 0 Å². The fourth-order valence-corrected chi connectivity index (χ4v) is 2.96. The molecule has 4 heteroatoms. The van der Waals surface area contributed by atoms with Crippen LogP contribution in [0.15, 0.2) is 18.2 Å². The lowest BCUT2D eigenvalue weighted by Crippen LogP contribution is -2.47. The number of hydrogen-bond donors (Lipinski definition) is 1. The minimum atomic E-state index is 0.132. The number of ether oxygens (including phenoxy) is 1. The molecule has 3 nitrogen and oxygen atoms in total. The second kappa shape index (κ2) is 5.47. The van der Waals surface area contributed by atoms with E-state index < -0.39 is 0 Å². The summed E-state index contributed by atoms with van der Waals surface area (Å²) in [5, 5.41) is 4.25. The second-order valence-electron chi connectivity index (χ2n) is 5.15. The smallest absolute Gasteiger partial charge is 0.122 e. The first-order chi connectivity index (χ1) is 8.58. The third-order valence-corrected chi connectivity index (χ3v) is 4.08. The fraction of sp³-hybridized carbons (Fsp3) is 0.571. The second-order valence-corrected chi connectivity index (χ2v) is 5.59. The molecule has 2 rings (SSSR count). The molecule has 1 unspecified atom stereocenters. The van der Waals surface area contributed by atoms with Crippen molar-refractivity contribution in [3.63, 3.8) is 0 Å². The van der Waals surface area contributed by atoms with Crippen molar-refractivity contribution in [1.82, 2.24) is 10.2 Å². The number of likely N-dealkylation sites (N-methyl/N-ethyl adjacent to an activating group) is 2. The van der Waals surface area contributed by atoms with Crippen LogP contribution in [-0.2, 0) is 6.42 Å². The maximum Gasteiger partial charge on any atom is 0.122 e. The van der Waals surface area contributed by atoms with E-state index in [9.17, 15) is 0 Å².